The van der Waals surface area contributed by atoms with E-state index in [4.69, 9.17) is 16.3 Å². The molecule has 1 aromatic heterocycles. The molecule has 4 nitrogen and oxygen atoms in total. The van der Waals surface area contributed by atoms with Crippen molar-refractivity contribution in [3.8, 4) is 0 Å². The summed E-state index contributed by atoms with van der Waals surface area (Å²) in [6, 6.07) is 0. The molecule has 90 valence electrons. The maximum atomic E-state index is 11.3. The van der Waals surface area contributed by atoms with E-state index in [1.807, 2.05) is 6.92 Å². The number of hydrogen-bond acceptors (Lipinski definition) is 5. The van der Waals surface area contributed by atoms with Crippen molar-refractivity contribution in [2.45, 2.75) is 6.92 Å². The topological polar surface area (TPSA) is 42.4 Å². The Morgan fingerprint density at radius 2 is 2.44 bits per heavy atom. The lowest BCUT2D eigenvalue weighted by molar-refractivity contribution is 0.101. The normalized spacial score (nSPS) is 10.4. The van der Waals surface area contributed by atoms with Gasteiger partial charge in [-0.25, -0.2) is 4.98 Å². The number of likely N-dealkylation sites (N-methyl/N-ethyl adjacent to an activating group) is 1. The summed E-state index contributed by atoms with van der Waals surface area (Å²) in [7, 11) is 1.66. The molecule has 0 N–H and O–H groups in total. The van der Waals surface area contributed by atoms with E-state index in [1.165, 1.54) is 11.3 Å². The van der Waals surface area contributed by atoms with E-state index in [-0.39, 0.29) is 11.7 Å². The monoisotopic (exact) mass is 262 g/mol. The van der Waals surface area contributed by atoms with Gasteiger partial charge in [-0.05, 0) is 6.92 Å². The molecule has 0 atom stereocenters. The fourth-order valence-electron chi connectivity index (χ4n) is 1.20. The third-order valence-corrected chi connectivity index (χ3v) is 3.26. The molecule has 0 saturated carbocycles. The van der Waals surface area contributed by atoms with Crippen molar-refractivity contribution in [2.75, 3.05) is 37.6 Å². The Balaban J connectivity index is 2.70. The number of anilines is 1. The van der Waals surface area contributed by atoms with E-state index in [9.17, 15) is 4.79 Å². The number of aromatic nitrogens is 1. The Bertz CT molecular complexity index is 343. The molecule has 0 bridgehead atoms. The lowest BCUT2D eigenvalue weighted by atomic mass is 10.3. The number of thiazole rings is 1. The molecule has 16 heavy (non-hydrogen) atoms. The fraction of sp³-hybridized carbons (Fsp3) is 0.600. The lowest BCUT2D eigenvalue weighted by Crippen LogP contribution is -2.26. The molecule has 1 heterocycles. The number of Topliss-reactive ketones (excluding diaryl/α,β-unsaturated/α-hetero) is 1. The number of ketones is 1. The van der Waals surface area contributed by atoms with E-state index in [0.29, 0.717) is 12.3 Å². The molecule has 0 aliphatic heterocycles. The van der Waals surface area contributed by atoms with Crippen molar-refractivity contribution in [3.63, 3.8) is 0 Å². The van der Waals surface area contributed by atoms with Gasteiger partial charge in [0.15, 0.2) is 10.9 Å². The van der Waals surface area contributed by atoms with Gasteiger partial charge in [-0.1, -0.05) is 0 Å². The number of halogens is 1. The number of hydrogen-bond donors (Lipinski definition) is 0. The molecule has 6 heteroatoms. The number of methoxy groups -OCH3 is 1. The van der Waals surface area contributed by atoms with Gasteiger partial charge in [-0.15, -0.1) is 22.9 Å². The molecule has 0 unspecified atom stereocenters. The average molecular weight is 263 g/mol. The molecule has 0 radical (unpaired) electrons. The highest BCUT2D eigenvalue weighted by molar-refractivity contribution is 7.14. The van der Waals surface area contributed by atoms with Crippen LogP contribution in [0.3, 0.4) is 0 Å². The minimum Gasteiger partial charge on any atom is -0.383 e. The van der Waals surface area contributed by atoms with Gasteiger partial charge in [0, 0.05) is 25.6 Å². The summed E-state index contributed by atoms with van der Waals surface area (Å²) in [6.07, 6.45) is 0. The summed E-state index contributed by atoms with van der Waals surface area (Å²) in [5.74, 6) is -0.153. The van der Waals surface area contributed by atoms with Crippen molar-refractivity contribution in [1.82, 2.24) is 4.98 Å². The molecule has 1 aromatic rings. The zero-order chi connectivity index (χ0) is 12.0. The first kappa shape index (κ1) is 13.4. The third-order valence-electron chi connectivity index (χ3n) is 2.12. The maximum absolute atomic E-state index is 11.3. The van der Waals surface area contributed by atoms with Gasteiger partial charge in [0.05, 0.1) is 12.5 Å². The molecule has 0 fully saturated rings. The van der Waals surface area contributed by atoms with E-state index >= 15 is 0 Å². The summed E-state index contributed by atoms with van der Waals surface area (Å²) in [5, 5.41) is 2.59. The van der Waals surface area contributed by atoms with Gasteiger partial charge in [-0.2, -0.15) is 0 Å². The lowest BCUT2D eigenvalue weighted by Gasteiger charge is -2.18. The predicted octanol–water partition coefficient (Wildman–Crippen LogP) is 2.04. The van der Waals surface area contributed by atoms with Crippen molar-refractivity contribution >= 4 is 33.9 Å². The Hall–Kier alpha value is -0.650. The molecule has 0 amide bonds. The van der Waals surface area contributed by atoms with E-state index in [1.54, 1.807) is 12.5 Å². The Labute approximate surface area is 104 Å². The summed E-state index contributed by atoms with van der Waals surface area (Å²) in [4.78, 5) is 17.6. The standard InChI is InChI=1S/C10H15ClN2O2S/c1-3-13(4-5-15-2)10-12-8(7-16-10)9(14)6-11/h7H,3-6H2,1-2H3. The minimum absolute atomic E-state index is 0.0205. The van der Waals surface area contributed by atoms with Crippen LogP contribution in [0.4, 0.5) is 5.13 Å². The van der Waals surface area contributed by atoms with Crippen LogP contribution in [0, 0.1) is 0 Å². The number of nitrogens with zero attached hydrogens (tertiary/aromatic N) is 2. The second-order valence-corrected chi connectivity index (χ2v) is 4.25. The number of carbonyl (C=O) groups is 1. The number of ether oxygens (including phenoxy) is 1. The van der Waals surface area contributed by atoms with Gasteiger partial charge >= 0.3 is 0 Å². The van der Waals surface area contributed by atoms with Gasteiger partial charge in [0.25, 0.3) is 0 Å². The first-order valence-electron chi connectivity index (χ1n) is 5.01. The van der Waals surface area contributed by atoms with E-state index in [0.717, 1.165) is 18.2 Å². The number of alkyl halides is 1. The quantitative estimate of drug-likeness (QED) is 0.557. The molecule has 0 spiro atoms. The molecular formula is C10H15ClN2O2S. The first-order valence-corrected chi connectivity index (χ1v) is 6.42. The van der Waals surface area contributed by atoms with Crippen molar-refractivity contribution in [1.29, 1.82) is 0 Å². The van der Waals surface area contributed by atoms with E-state index < -0.39 is 0 Å². The van der Waals surface area contributed by atoms with Crippen LogP contribution in [-0.2, 0) is 4.74 Å². The van der Waals surface area contributed by atoms with Crippen LogP contribution in [0.2, 0.25) is 0 Å². The largest absolute Gasteiger partial charge is 0.383 e. The number of carbonyl (C=O) groups excluding carboxylic acids is 1. The highest BCUT2D eigenvalue weighted by atomic mass is 35.5. The Morgan fingerprint density at radius 3 is 3.00 bits per heavy atom. The fourth-order valence-corrected chi connectivity index (χ4v) is 2.26. The maximum Gasteiger partial charge on any atom is 0.196 e. The highest BCUT2D eigenvalue weighted by Crippen LogP contribution is 2.20. The molecule has 0 aliphatic carbocycles. The second-order valence-electron chi connectivity index (χ2n) is 3.14. The molecule has 0 aromatic carbocycles. The summed E-state index contributed by atoms with van der Waals surface area (Å²) >= 11 is 6.93. The minimum atomic E-state index is -0.132. The average Bonchev–Trinajstić information content (AvgIpc) is 2.78. The van der Waals surface area contributed by atoms with Gasteiger partial charge in [-0.3, -0.25) is 4.79 Å². The van der Waals surface area contributed by atoms with Gasteiger partial charge in [0.2, 0.25) is 0 Å². The zero-order valence-corrected chi connectivity index (χ0v) is 11.0. The van der Waals surface area contributed by atoms with Crippen molar-refractivity contribution < 1.29 is 9.53 Å². The van der Waals surface area contributed by atoms with Crippen LogP contribution in [0.25, 0.3) is 0 Å². The van der Waals surface area contributed by atoms with Crippen LogP contribution < -0.4 is 4.90 Å². The predicted molar refractivity (Wildman–Crippen MR) is 66.9 cm³/mol. The molecule has 0 aliphatic rings. The SMILES string of the molecule is CCN(CCOC)c1nc(C(=O)CCl)cs1. The summed E-state index contributed by atoms with van der Waals surface area (Å²) in [6.45, 7) is 4.30. The van der Waals surface area contributed by atoms with Crippen molar-refractivity contribution in [2.24, 2.45) is 0 Å². The zero-order valence-electron chi connectivity index (χ0n) is 9.40. The van der Waals surface area contributed by atoms with Crippen LogP contribution in [0.5, 0.6) is 0 Å². The van der Waals surface area contributed by atoms with Crippen LogP contribution in [0.1, 0.15) is 17.4 Å². The number of rotatable bonds is 7. The summed E-state index contributed by atoms with van der Waals surface area (Å²) < 4.78 is 5.02. The van der Waals surface area contributed by atoms with Gasteiger partial charge in [0.1, 0.15) is 5.69 Å². The van der Waals surface area contributed by atoms with Crippen molar-refractivity contribution in [3.05, 3.63) is 11.1 Å². The van der Waals surface area contributed by atoms with Gasteiger partial charge < -0.3 is 9.64 Å². The molecule has 0 saturated heterocycles. The van der Waals surface area contributed by atoms with E-state index in [2.05, 4.69) is 9.88 Å². The smallest absolute Gasteiger partial charge is 0.196 e. The Kier molecular flexibility index (Phi) is 5.73. The molecule has 1 rings (SSSR count). The summed E-state index contributed by atoms with van der Waals surface area (Å²) in [5.41, 5.74) is 0.450. The second kappa shape index (κ2) is 6.83. The third kappa shape index (κ3) is 3.43. The Morgan fingerprint density at radius 1 is 1.69 bits per heavy atom. The molecular weight excluding hydrogens is 248 g/mol. The van der Waals surface area contributed by atoms with Crippen LogP contribution >= 0.6 is 22.9 Å². The first-order chi connectivity index (χ1) is 7.72. The van der Waals surface area contributed by atoms with Crippen LogP contribution in [-0.4, -0.2) is 43.5 Å². The highest BCUT2D eigenvalue weighted by Gasteiger charge is 2.13. The van der Waals surface area contributed by atoms with Crippen LogP contribution in [0.15, 0.2) is 5.38 Å².